The second kappa shape index (κ2) is 5.30. The van der Waals surface area contributed by atoms with E-state index in [9.17, 15) is 19.3 Å². The quantitative estimate of drug-likeness (QED) is 0.631. The molecule has 0 fully saturated rings. The number of methoxy groups -OCH3 is 1. The van der Waals surface area contributed by atoms with Gasteiger partial charge < -0.3 is 14.7 Å². The number of nitro groups is 1. The smallest absolute Gasteiger partial charge is 0.328 e. The van der Waals surface area contributed by atoms with Crippen molar-refractivity contribution in [3.05, 3.63) is 28.1 Å². The average molecular weight is 258 g/mol. The number of nitro benzene ring substituents is 1. The minimum atomic E-state index is -1.19. The van der Waals surface area contributed by atoms with Crippen molar-refractivity contribution in [1.29, 1.82) is 0 Å². The fourth-order valence-electron chi connectivity index (χ4n) is 1.44. The molecule has 1 aromatic rings. The third-order valence-corrected chi connectivity index (χ3v) is 2.22. The Labute approximate surface area is 102 Å². The first-order chi connectivity index (χ1) is 8.36. The van der Waals surface area contributed by atoms with Crippen molar-refractivity contribution < 1.29 is 24.0 Å². The molecule has 0 atom stereocenters. The number of anilines is 1. The van der Waals surface area contributed by atoms with Gasteiger partial charge in [0.15, 0.2) is 0 Å². The lowest BCUT2D eigenvalue weighted by Crippen LogP contribution is -2.26. The van der Waals surface area contributed by atoms with Gasteiger partial charge in [0.2, 0.25) is 5.82 Å². The van der Waals surface area contributed by atoms with Gasteiger partial charge >= 0.3 is 11.7 Å². The number of ether oxygens (including phenoxy) is 1. The highest BCUT2D eigenvalue weighted by molar-refractivity contribution is 5.76. The summed E-state index contributed by atoms with van der Waals surface area (Å²) in [6, 6.07) is 2.08. The lowest BCUT2D eigenvalue weighted by Gasteiger charge is -2.17. The van der Waals surface area contributed by atoms with Gasteiger partial charge in [-0.05, 0) is 0 Å². The lowest BCUT2D eigenvalue weighted by molar-refractivity contribution is -0.386. The maximum Gasteiger partial charge on any atom is 0.328 e. The first kappa shape index (κ1) is 13.7. The standard InChI is InChI=1S/C10H11FN2O5/c1-12(5-9(14)15)8-4-6(18-2)3-7(11)10(8)13(16)17/h3-4H,5H2,1-2H3,(H,14,15). The summed E-state index contributed by atoms with van der Waals surface area (Å²) in [4.78, 5) is 21.5. The summed E-state index contributed by atoms with van der Waals surface area (Å²) < 4.78 is 18.3. The summed E-state index contributed by atoms with van der Waals surface area (Å²) in [6.45, 7) is -0.493. The summed E-state index contributed by atoms with van der Waals surface area (Å²) in [5.74, 6) is -2.19. The average Bonchev–Trinajstić information content (AvgIpc) is 2.26. The molecular formula is C10H11FN2O5. The van der Waals surface area contributed by atoms with E-state index in [1.807, 2.05) is 0 Å². The molecule has 18 heavy (non-hydrogen) atoms. The van der Waals surface area contributed by atoms with Crippen molar-refractivity contribution in [1.82, 2.24) is 0 Å². The molecular weight excluding hydrogens is 247 g/mol. The van der Waals surface area contributed by atoms with Gasteiger partial charge in [-0.3, -0.25) is 14.9 Å². The topological polar surface area (TPSA) is 92.9 Å². The molecule has 0 heterocycles. The van der Waals surface area contributed by atoms with Crippen LogP contribution >= 0.6 is 0 Å². The molecule has 98 valence electrons. The van der Waals surface area contributed by atoms with E-state index >= 15 is 0 Å². The molecule has 8 heteroatoms. The van der Waals surface area contributed by atoms with Crippen LogP contribution in [0.25, 0.3) is 0 Å². The molecule has 0 aliphatic heterocycles. The lowest BCUT2D eigenvalue weighted by atomic mass is 10.2. The zero-order valence-corrected chi connectivity index (χ0v) is 9.71. The summed E-state index contributed by atoms with van der Waals surface area (Å²) in [5, 5.41) is 19.4. The Bertz CT molecular complexity index is 491. The van der Waals surface area contributed by atoms with Crippen LogP contribution in [0.4, 0.5) is 15.8 Å². The van der Waals surface area contributed by atoms with Crippen molar-refractivity contribution in [2.24, 2.45) is 0 Å². The maximum atomic E-state index is 13.6. The number of hydrogen-bond acceptors (Lipinski definition) is 5. The molecule has 0 saturated heterocycles. The number of carbonyl (C=O) groups is 1. The normalized spacial score (nSPS) is 9.94. The summed E-state index contributed by atoms with van der Waals surface area (Å²) in [5.41, 5.74) is -0.932. The van der Waals surface area contributed by atoms with Crippen LogP contribution in [0.3, 0.4) is 0 Å². The van der Waals surface area contributed by atoms with Crippen LogP contribution in [0.5, 0.6) is 5.75 Å². The molecule has 1 aromatic carbocycles. The monoisotopic (exact) mass is 258 g/mol. The van der Waals surface area contributed by atoms with Crippen molar-refractivity contribution in [2.45, 2.75) is 0 Å². The van der Waals surface area contributed by atoms with Crippen LogP contribution in [0.2, 0.25) is 0 Å². The van der Waals surface area contributed by atoms with Gasteiger partial charge in [-0.1, -0.05) is 0 Å². The molecule has 0 bridgehead atoms. The summed E-state index contributed by atoms with van der Waals surface area (Å²) in [7, 11) is 2.59. The van der Waals surface area contributed by atoms with Crippen LogP contribution in [0, 0.1) is 15.9 Å². The molecule has 0 aliphatic carbocycles. The molecule has 0 spiro atoms. The van der Waals surface area contributed by atoms with Crippen molar-refractivity contribution in [3.8, 4) is 5.75 Å². The maximum absolute atomic E-state index is 13.6. The highest BCUT2D eigenvalue weighted by Crippen LogP contribution is 2.34. The van der Waals surface area contributed by atoms with Gasteiger partial charge in [-0.25, -0.2) is 0 Å². The zero-order valence-electron chi connectivity index (χ0n) is 9.71. The number of likely N-dealkylation sites (N-methyl/N-ethyl adjacent to an activating group) is 1. The number of hydrogen-bond donors (Lipinski definition) is 1. The Morgan fingerprint density at radius 1 is 1.61 bits per heavy atom. The van der Waals surface area contributed by atoms with E-state index in [1.165, 1.54) is 20.2 Å². The Hall–Kier alpha value is -2.38. The van der Waals surface area contributed by atoms with Crippen molar-refractivity contribution in [3.63, 3.8) is 0 Å². The van der Waals surface area contributed by atoms with Crippen LogP contribution in [0.15, 0.2) is 12.1 Å². The number of benzene rings is 1. The van der Waals surface area contributed by atoms with Crippen LogP contribution in [0.1, 0.15) is 0 Å². The molecule has 0 radical (unpaired) electrons. The Morgan fingerprint density at radius 2 is 2.22 bits per heavy atom. The van der Waals surface area contributed by atoms with Crippen LogP contribution in [-0.4, -0.2) is 36.7 Å². The van der Waals surface area contributed by atoms with Gasteiger partial charge in [0.05, 0.1) is 12.0 Å². The van der Waals surface area contributed by atoms with E-state index < -0.39 is 28.9 Å². The highest BCUT2D eigenvalue weighted by atomic mass is 19.1. The molecule has 7 nitrogen and oxygen atoms in total. The predicted octanol–water partition coefficient (Wildman–Crippen LogP) is 1.26. The molecule has 0 saturated carbocycles. The van der Waals surface area contributed by atoms with Crippen molar-refractivity contribution in [2.75, 3.05) is 25.6 Å². The first-order valence-electron chi connectivity index (χ1n) is 4.81. The second-order valence-corrected chi connectivity index (χ2v) is 3.48. The van der Waals surface area contributed by atoms with Gasteiger partial charge in [0.1, 0.15) is 18.0 Å². The van der Waals surface area contributed by atoms with Crippen molar-refractivity contribution >= 4 is 17.3 Å². The molecule has 0 unspecified atom stereocenters. The number of aliphatic carboxylic acids is 1. The highest BCUT2D eigenvalue weighted by Gasteiger charge is 2.25. The van der Waals surface area contributed by atoms with Crippen LogP contribution in [-0.2, 0) is 4.79 Å². The molecule has 0 aromatic heterocycles. The number of carboxylic acid groups (broad SMARTS) is 1. The fourth-order valence-corrected chi connectivity index (χ4v) is 1.44. The SMILES string of the molecule is COc1cc(F)c([N+](=O)[O-])c(N(C)CC(=O)O)c1. The van der Waals surface area contributed by atoms with Gasteiger partial charge in [0, 0.05) is 19.2 Å². The Balaban J connectivity index is 3.33. The summed E-state index contributed by atoms with van der Waals surface area (Å²) >= 11 is 0. The molecule has 0 amide bonds. The van der Waals surface area contributed by atoms with E-state index in [0.717, 1.165) is 11.0 Å². The number of carboxylic acids is 1. The van der Waals surface area contributed by atoms with E-state index in [-0.39, 0.29) is 11.4 Å². The molecule has 1 N–H and O–H groups in total. The third-order valence-electron chi connectivity index (χ3n) is 2.22. The minimum Gasteiger partial charge on any atom is -0.497 e. The Kier molecular flexibility index (Phi) is 4.03. The first-order valence-corrected chi connectivity index (χ1v) is 4.81. The van der Waals surface area contributed by atoms with E-state index in [2.05, 4.69) is 0 Å². The zero-order chi connectivity index (χ0) is 13.9. The van der Waals surface area contributed by atoms with Gasteiger partial charge in [0.25, 0.3) is 0 Å². The van der Waals surface area contributed by atoms with E-state index in [0.29, 0.717) is 0 Å². The van der Waals surface area contributed by atoms with E-state index in [1.54, 1.807) is 0 Å². The number of rotatable bonds is 5. The Morgan fingerprint density at radius 3 is 2.67 bits per heavy atom. The largest absolute Gasteiger partial charge is 0.497 e. The number of halogens is 1. The fraction of sp³-hybridized carbons (Fsp3) is 0.300. The number of nitrogens with zero attached hydrogens (tertiary/aromatic N) is 2. The predicted molar refractivity (Wildman–Crippen MR) is 60.5 cm³/mol. The van der Waals surface area contributed by atoms with Gasteiger partial charge in [-0.2, -0.15) is 4.39 Å². The molecule has 0 aliphatic rings. The van der Waals surface area contributed by atoms with Crippen LogP contribution < -0.4 is 9.64 Å². The van der Waals surface area contributed by atoms with E-state index in [4.69, 9.17) is 9.84 Å². The summed E-state index contributed by atoms with van der Waals surface area (Å²) in [6.07, 6.45) is 0. The molecule has 1 rings (SSSR count). The third kappa shape index (κ3) is 2.84. The van der Waals surface area contributed by atoms with Gasteiger partial charge in [-0.15, -0.1) is 0 Å². The second-order valence-electron chi connectivity index (χ2n) is 3.48. The minimum absolute atomic E-state index is 0.0744.